The molecule has 0 saturated heterocycles. The van der Waals surface area contributed by atoms with E-state index in [0.29, 0.717) is 22.9 Å². The molecule has 3 heterocycles. The van der Waals surface area contributed by atoms with Crippen molar-refractivity contribution in [1.29, 1.82) is 0 Å². The van der Waals surface area contributed by atoms with Crippen LogP contribution in [0.2, 0.25) is 0 Å². The van der Waals surface area contributed by atoms with Gasteiger partial charge in [0.25, 0.3) is 0 Å². The lowest BCUT2D eigenvalue weighted by Gasteiger charge is -2.13. The number of alkyl halides is 3. The number of halogens is 3. The molecule has 3 aromatic rings. The highest BCUT2D eigenvalue weighted by Crippen LogP contribution is 2.34. The summed E-state index contributed by atoms with van der Waals surface area (Å²) in [5, 5.41) is 9.76. The van der Waals surface area contributed by atoms with Crippen molar-refractivity contribution in [3.63, 3.8) is 0 Å². The average Bonchev–Trinajstić information content (AvgIpc) is 2.89. The van der Waals surface area contributed by atoms with Crippen molar-refractivity contribution in [1.82, 2.24) is 29.7 Å². The molecule has 0 spiro atoms. The summed E-state index contributed by atoms with van der Waals surface area (Å²) in [5.41, 5.74) is 0.979. The summed E-state index contributed by atoms with van der Waals surface area (Å²) in [6.07, 6.45) is -0.817. The van der Waals surface area contributed by atoms with E-state index in [0.717, 1.165) is 6.20 Å². The van der Waals surface area contributed by atoms with Gasteiger partial charge >= 0.3 is 6.18 Å². The summed E-state index contributed by atoms with van der Waals surface area (Å²) >= 11 is 0. The van der Waals surface area contributed by atoms with Crippen molar-refractivity contribution in [2.75, 3.05) is 17.7 Å². The second kappa shape index (κ2) is 6.58. The van der Waals surface area contributed by atoms with Crippen LogP contribution < -0.4 is 10.6 Å². The number of nitrogens with one attached hydrogen (secondary N) is 2. The Morgan fingerprint density at radius 3 is 2.54 bits per heavy atom. The lowest BCUT2D eigenvalue weighted by Crippen LogP contribution is -2.12. The van der Waals surface area contributed by atoms with Crippen LogP contribution in [0.25, 0.3) is 5.82 Å². The molecule has 0 amide bonds. The summed E-state index contributed by atoms with van der Waals surface area (Å²) in [7, 11) is 1.37. The highest BCUT2D eigenvalue weighted by molar-refractivity contribution is 5.62. The summed E-state index contributed by atoms with van der Waals surface area (Å²) < 4.78 is 40.4. The van der Waals surface area contributed by atoms with Crippen molar-refractivity contribution in [2.45, 2.75) is 20.0 Å². The van der Waals surface area contributed by atoms with E-state index in [1.807, 2.05) is 0 Å². The molecular formula is C15H15F3N8. The second-order valence-corrected chi connectivity index (χ2v) is 5.35. The molecule has 0 unspecified atom stereocenters. The van der Waals surface area contributed by atoms with Gasteiger partial charge < -0.3 is 10.6 Å². The van der Waals surface area contributed by atoms with Crippen molar-refractivity contribution in [3.8, 4) is 5.82 Å². The van der Waals surface area contributed by atoms with Gasteiger partial charge in [0.15, 0.2) is 5.82 Å². The van der Waals surface area contributed by atoms with Gasteiger partial charge in [0.2, 0.25) is 5.95 Å². The largest absolute Gasteiger partial charge is 0.421 e. The number of aromatic nitrogens is 6. The maximum absolute atomic E-state index is 12.9. The monoisotopic (exact) mass is 364 g/mol. The standard InChI is InChI=1S/C15H15F3N8/c1-8-12(9(2)26(25-8)11-4-5-20-7-22-11)23-14-21-6-10(15(16,17)18)13(19-3)24-14/h4-7H,1-3H3,(H2,19,21,23,24). The first-order chi connectivity index (χ1) is 12.3. The minimum Gasteiger partial charge on any atom is -0.372 e. The molecule has 0 aliphatic carbocycles. The fourth-order valence-electron chi connectivity index (χ4n) is 2.41. The number of rotatable bonds is 4. The van der Waals surface area contributed by atoms with E-state index >= 15 is 0 Å². The Labute approximate surface area is 146 Å². The third-order valence-corrected chi connectivity index (χ3v) is 3.64. The Hall–Kier alpha value is -3.24. The average molecular weight is 364 g/mol. The predicted molar refractivity (Wildman–Crippen MR) is 88.5 cm³/mol. The van der Waals surface area contributed by atoms with E-state index in [-0.39, 0.29) is 11.8 Å². The smallest absolute Gasteiger partial charge is 0.372 e. The van der Waals surface area contributed by atoms with E-state index in [2.05, 4.69) is 35.7 Å². The molecular weight excluding hydrogens is 349 g/mol. The van der Waals surface area contributed by atoms with Crippen molar-refractivity contribution in [2.24, 2.45) is 0 Å². The quantitative estimate of drug-likeness (QED) is 0.735. The van der Waals surface area contributed by atoms with Gasteiger partial charge in [-0.25, -0.2) is 19.6 Å². The fourth-order valence-corrected chi connectivity index (χ4v) is 2.41. The number of hydrogen-bond donors (Lipinski definition) is 2. The molecule has 3 rings (SSSR count). The summed E-state index contributed by atoms with van der Waals surface area (Å²) in [6.45, 7) is 3.56. The normalized spacial score (nSPS) is 11.5. The molecule has 0 fully saturated rings. The number of hydrogen-bond acceptors (Lipinski definition) is 7. The first-order valence-electron chi connectivity index (χ1n) is 7.53. The van der Waals surface area contributed by atoms with Crippen LogP contribution in [0, 0.1) is 13.8 Å². The zero-order valence-corrected chi connectivity index (χ0v) is 14.1. The Morgan fingerprint density at radius 1 is 1.15 bits per heavy atom. The van der Waals surface area contributed by atoms with E-state index in [4.69, 9.17) is 0 Å². The SMILES string of the molecule is CNc1nc(Nc2c(C)nn(-c3ccncn3)c2C)ncc1C(F)(F)F. The maximum Gasteiger partial charge on any atom is 0.421 e. The summed E-state index contributed by atoms with van der Waals surface area (Å²) in [4.78, 5) is 15.7. The van der Waals surface area contributed by atoms with Crippen LogP contribution in [0.4, 0.5) is 30.6 Å². The van der Waals surface area contributed by atoms with Gasteiger partial charge in [-0.1, -0.05) is 0 Å². The van der Waals surface area contributed by atoms with Crippen molar-refractivity contribution in [3.05, 3.63) is 41.7 Å². The third kappa shape index (κ3) is 3.27. The van der Waals surface area contributed by atoms with Crippen LogP contribution >= 0.6 is 0 Å². The lowest BCUT2D eigenvalue weighted by molar-refractivity contribution is -0.137. The minimum atomic E-state index is -4.54. The van der Waals surface area contributed by atoms with Crippen LogP contribution in [0.3, 0.4) is 0 Å². The predicted octanol–water partition coefficient (Wildman–Crippen LogP) is 2.87. The second-order valence-electron chi connectivity index (χ2n) is 5.35. The molecule has 0 aliphatic rings. The molecule has 11 heteroatoms. The summed E-state index contributed by atoms with van der Waals surface area (Å²) in [5.74, 6) is 0.280. The molecule has 8 nitrogen and oxygen atoms in total. The van der Waals surface area contributed by atoms with Gasteiger partial charge in [0, 0.05) is 25.5 Å². The van der Waals surface area contributed by atoms with Crippen LogP contribution in [0.5, 0.6) is 0 Å². The molecule has 0 saturated carbocycles. The van der Waals surface area contributed by atoms with Crippen LogP contribution in [-0.4, -0.2) is 36.8 Å². The van der Waals surface area contributed by atoms with E-state index < -0.39 is 11.7 Å². The molecule has 136 valence electrons. The molecule has 0 atom stereocenters. The zero-order valence-electron chi connectivity index (χ0n) is 14.1. The van der Waals surface area contributed by atoms with Gasteiger partial charge in [-0.3, -0.25) is 0 Å². The van der Waals surface area contributed by atoms with E-state index in [1.165, 1.54) is 13.4 Å². The fraction of sp³-hybridized carbons (Fsp3) is 0.267. The molecule has 0 aliphatic heterocycles. The molecule has 0 radical (unpaired) electrons. The van der Waals surface area contributed by atoms with Gasteiger partial charge in [-0.15, -0.1) is 0 Å². The third-order valence-electron chi connectivity index (χ3n) is 3.64. The molecule has 2 N–H and O–H groups in total. The van der Waals surface area contributed by atoms with Gasteiger partial charge in [0.1, 0.15) is 17.7 Å². The van der Waals surface area contributed by atoms with E-state index in [1.54, 1.807) is 30.8 Å². The molecule has 26 heavy (non-hydrogen) atoms. The van der Waals surface area contributed by atoms with Crippen molar-refractivity contribution < 1.29 is 13.2 Å². The molecule has 0 bridgehead atoms. The van der Waals surface area contributed by atoms with Crippen molar-refractivity contribution >= 4 is 17.5 Å². The number of anilines is 3. The van der Waals surface area contributed by atoms with Gasteiger partial charge in [-0.05, 0) is 13.8 Å². The molecule has 0 aromatic carbocycles. The number of aryl methyl sites for hydroxylation is 1. The number of nitrogens with zero attached hydrogens (tertiary/aromatic N) is 6. The van der Waals surface area contributed by atoms with Gasteiger partial charge in [-0.2, -0.15) is 23.3 Å². The van der Waals surface area contributed by atoms with Crippen LogP contribution in [0.1, 0.15) is 17.0 Å². The first kappa shape index (κ1) is 17.6. The lowest BCUT2D eigenvalue weighted by atomic mass is 10.3. The molecule has 3 aromatic heterocycles. The highest BCUT2D eigenvalue weighted by atomic mass is 19.4. The maximum atomic E-state index is 12.9. The van der Waals surface area contributed by atoms with Crippen LogP contribution in [0.15, 0.2) is 24.8 Å². The Kier molecular flexibility index (Phi) is 4.45. The van der Waals surface area contributed by atoms with E-state index in [9.17, 15) is 13.2 Å². The topological polar surface area (TPSA) is 93.4 Å². The minimum absolute atomic E-state index is 0.0239. The van der Waals surface area contributed by atoms with Crippen LogP contribution in [-0.2, 0) is 6.18 Å². The first-order valence-corrected chi connectivity index (χ1v) is 7.53. The zero-order chi connectivity index (χ0) is 18.9. The van der Waals surface area contributed by atoms with Gasteiger partial charge in [0.05, 0.1) is 17.1 Å². The Morgan fingerprint density at radius 2 is 1.92 bits per heavy atom. The Balaban J connectivity index is 1.96. The Bertz CT molecular complexity index is 921. The highest BCUT2D eigenvalue weighted by Gasteiger charge is 2.35. The summed E-state index contributed by atoms with van der Waals surface area (Å²) in [6, 6.07) is 1.69.